The molecule has 0 saturated carbocycles. The van der Waals surface area contributed by atoms with Crippen molar-refractivity contribution in [3.8, 4) is 0 Å². The van der Waals surface area contributed by atoms with Crippen LogP contribution in [0.3, 0.4) is 0 Å². The molecule has 0 fully saturated rings. The number of furan rings is 1. The average Bonchev–Trinajstić information content (AvgIpc) is 2.70. The summed E-state index contributed by atoms with van der Waals surface area (Å²) in [5.74, 6) is 0.631. The summed E-state index contributed by atoms with van der Waals surface area (Å²) in [5, 5.41) is 0. The van der Waals surface area contributed by atoms with Gasteiger partial charge < -0.3 is 4.42 Å². The van der Waals surface area contributed by atoms with Gasteiger partial charge in [0.05, 0.1) is 6.26 Å². The maximum atomic E-state index is 11.4. The molecule has 0 atom stereocenters. The lowest BCUT2D eigenvalue weighted by molar-refractivity contribution is 0.0952. The highest BCUT2D eigenvalue weighted by Gasteiger charge is 2.07. The van der Waals surface area contributed by atoms with Crippen molar-refractivity contribution in [2.24, 2.45) is 0 Å². The Morgan fingerprint density at radius 2 is 2.07 bits per heavy atom. The van der Waals surface area contributed by atoms with Gasteiger partial charge in [0.1, 0.15) is 0 Å². The van der Waals surface area contributed by atoms with Crippen molar-refractivity contribution in [2.75, 3.05) is 0 Å². The summed E-state index contributed by atoms with van der Waals surface area (Å²) < 4.78 is 5.02. The quantitative estimate of drug-likeness (QED) is 0.488. The third-order valence-electron chi connectivity index (χ3n) is 2.30. The van der Waals surface area contributed by atoms with Crippen LogP contribution < -0.4 is 0 Å². The maximum Gasteiger partial charge on any atom is 0.197 e. The molecular weight excluding hydrogens is 176 g/mol. The molecule has 0 N–H and O–H groups in total. The third kappa shape index (κ3) is 3.77. The molecule has 0 radical (unpaired) electrons. The summed E-state index contributed by atoms with van der Waals surface area (Å²) in [4.78, 5) is 11.4. The summed E-state index contributed by atoms with van der Waals surface area (Å²) in [5.41, 5.74) is 0. The highest BCUT2D eigenvalue weighted by molar-refractivity contribution is 5.93. The lowest BCUT2D eigenvalue weighted by atomic mass is 10.1. The summed E-state index contributed by atoms with van der Waals surface area (Å²) in [7, 11) is 0. The average molecular weight is 194 g/mol. The van der Waals surface area contributed by atoms with Crippen LogP contribution in [0.5, 0.6) is 0 Å². The van der Waals surface area contributed by atoms with Gasteiger partial charge in [-0.3, -0.25) is 4.79 Å². The largest absolute Gasteiger partial charge is 0.461 e. The van der Waals surface area contributed by atoms with E-state index >= 15 is 0 Å². The van der Waals surface area contributed by atoms with E-state index in [9.17, 15) is 4.79 Å². The molecule has 0 amide bonds. The summed E-state index contributed by atoms with van der Waals surface area (Å²) in [6.45, 7) is 2.19. The molecule has 2 nitrogen and oxygen atoms in total. The van der Waals surface area contributed by atoms with Crippen molar-refractivity contribution >= 4 is 5.78 Å². The van der Waals surface area contributed by atoms with Crippen molar-refractivity contribution < 1.29 is 9.21 Å². The molecule has 1 rings (SSSR count). The number of hydrogen-bond donors (Lipinski definition) is 0. The number of rotatable bonds is 7. The lowest BCUT2D eigenvalue weighted by Gasteiger charge is -1.98. The SMILES string of the molecule is CCCCCCCC(=O)c1ccco1. The van der Waals surface area contributed by atoms with E-state index < -0.39 is 0 Å². The van der Waals surface area contributed by atoms with Gasteiger partial charge in [-0.05, 0) is 18.6 Å². The third-order valence-corrected chi connectivity index (χ3v) is 2.30. The second-order valence-electron chi connectivity index (χ2n) is 3.56. The first-order chi connectivity index (χ1) is 6.84. The molecule has 1 heterocycles. The van der Waals surface area contributed by atoms with Crippen molar-refractivity contribution in [3.63, 3.8) is 0 Å². The Kier molecular flexibility index (Phi) is 5.05. The van der Waals surface area contributed by atoms with Gasteiger partial charge in [-0.25, -0.2) is 0 Å². The molecule has 1 aromatic rings. The fourth-order valence-electron chi connectivity index (χ4n) is 1.45. The minimum atomic E-state index is 0.131. The van der Waals surface area contributed by atoms with Gasteiger partial charge in [0, 0.05) is 6.42 Å². The number of Topliss-reactive ketones (excluding diaryl/α,β-unsaturated/α-hetero) is 1. The second-order valence-corrected chi connectivity index (χ2v) is 3.56. The molecule has 0 aliphatic heterocycles. The molecule has 0 aliphatic carbocycles. The van der Waals surface area contributed by atoms with E-state index in [1.54, 1.807) is 18.4 Å². The van der Waals surface area contributed by atoms with Crippen LogP contribution in [0.1, 0.15) is 56.0 Å². The highest BCUT2D eigenvalue weighted by atomic mass is 16.3. The number of carbonyl (C=O) groups excluding carboxylic acids is 1. The predicted octanol–water partition coefficient (Wildman–Crippen LogP) is 3.82. The van der Waals surface area contributed by atoms with E-state index in [1.807, 2.05) is 0 Å². The fraction of sp³-hybridized carbons (Fsp3) is 0.583. The van der Waals surface area contributed by atoms with Crippen LogP contribution in [0.4, 0.5) is 0 Å². The van der Waals surface area contributed by atoms with Gasteiger partial charge in [0.2, 0.25) is 0 Å². The van der Waals surface area contributed by atoms with Gasteiger partial charge in [0.15, 0.2) is 11.5 Å². The van der Waals surface area contributed by atoms with Crippen molar-refractivity contribution in [1.82, 2.24) is 0 Å². The van der Waals surface area contributed by atoms with Gasteiger partial charge >= 0.3 is 0 Å². The molecule has 1 aromatic heterocycles. The van der Waals surface area contributed by atoms with Crippen LogP contribution in [0.15, 0.2) is 22.8 Å². The zero-order valence-corrected chi connectivity index (χ0v) is 8.79. The van der Waals surface area contributed by atoms with Crippen molar-refractivity contribution in [1.29, 1.82) is 0 Å². The fourth-order valence-corrected chi connectivity index (χ4v) is 1.45. The molecule has 0 saturated heterocycles. The molecule has 2 heteroatoms. The normalized spacial score (nSPS) is 10.4. The Hall–Kier alpha value is -1.05. The van der Waals surface area contributed by atoms with Crippen LogP contribution in [0.2, 0.25) is 0 Å². The Morgan fingerprint density at radius 1 is 1.29 bits per heavy atom. The number of ketones is 1. The molecule has 0 unspecified atom stereocenters. The minimum Gasteiger partial charge on any atom is -0.461 e. The standard InChI is InChI=1S/C12H18O2/c1-2-3-4-5-6-8-11(13)12-9-7-10-14-12/h7,9-10H,2-6,8H2,1H3. The van der Waals surface area contributed by atoms with Crippen LogP contribution in [0.25, 0.3) is 0 Å². The second kappa shape index (κ2) is 6.41. The Balaban J connectivity index is 2.10. The Bertz CT molecular complexity index is 249. The first kappa shape index (κ1) is 11.0. The van der Waals surface area contributed by atoms with Crippen molar-refractivity contribution in [3.05, 3.63) is 24.2 Å². The van der Waals surface area contributed by atoms with Gasteiger partial charge in [0.25, 0.3) is 0 Å². The zero-order valence-electron chi connectivity index (χ0n) is 8.79. The van der Waals surface area contributed by atoms with E-state index in [1.165, 1.54) is 19.3 Å². The lowest BCUT2D eigenvalue weighted by Crippen LogP contribution is -1.96. The predicted molar refractivity (Wildman–Crippen MR) is 56.4 cm³/mol. The summed E-state index contributed by atoms with van der Waals surface area (Å²) in [6, 6.07) is 3.48. The summed E-state index contributed by atoms with van der Waals surface area (Å²) in [6.07, 6.45) is 8.06. The smallest absolute Gasteiger partial charge is 0.197 e. The molecule has 14 heavy (non-hydrogen) atoms. The molecular formula is C12H18O2. The van der Waals surface area contributed by atoms with Crippen LogP contribution in [-0.4, -0.2) is 5.78 Å². The number of carbonyl (C=O) groups is 1. The monoisotopic (exact) mass is 194 g/mol. The molecule has 0 aromatic carbocycles. The Labute approximate surface area is 85.3 Å². The molecule has 0 aliphatic rings. The maximum absolute atomic E-state index is 11.4. The van der Waals surface area contributed by atoms with Crippen LogP contribution in [0, 0.1) is 0 Å². The number of hydrogen-bond acceptors (Lipinski definition) is 2. The first-order valence-corrected chi connectivity index (χ1v) is 5.41. The van der Waals surface area contributed by atoms with Crippen LogP contribution in [-0.2, 0) is 0 Å². The number of unbranched alkanes of at least 4 members (excludes halogenated alkanes) is 4. The van der Waals surface area contributed by atoms with E-state index in [-0.39, 0.29) is 5.78 Å². The molecule has 0 spiro atoms. The van der Waals surface area contributed by atoms with E-state index in [2.05, 4.69) is 6.92 Å². The van der Waals surface area contributed by atoms with Crippen LogP contribution >= 0.6 is 0 Å². The zero-order chi connectivity index (χ0) is 10.2. The van der Waals surface area contributed by atoms with E-state index in [0.717, 1.165) is 12.8 Å². The summed E-state index contributed by atoms with van der Waals surface area (Å²) >= 11 is 0. The van der Waals surface area contributed by atoms with Gasteiger partial charge in [-0.1, -0.05) is 32.6 Å². The first-order valence-electron chi connectivity index (χ1n) is 5.41. The van der Waals surface area contributed by atoms with Gasteiger partial charge in [-0.2, -0.15) is 0 Å². The topological polar surface area (TPSA) is 30.2 Å². The van der Waals surface area contributed by atoms with E-state index in [0.29, 0.717) is 12.2 Å². The molecule has 78 valence electrons. The van der Waals surface area contributed by atoms with Crippen molar-refractivity contribution in [2.45, 2.75) is 45.4 Å². The highest BCUT2D eigenvalue weighted by Crippen LogP contribution is 2.10. The minimum absolute atomic E-state index is 0.131. The Morgan fingerprint density at radius 3 is 2.71 bits per heavy atom. The molecule has 0 bridgehead atoms. The van der Waals surface area contributed by atoms with Gasteiger partial charge in [-0.15, -0.1) is 0 Å². The van der Waals surface area contributed by atoms with E-state index in [4.69, 9.17) is 4.42 Å².